The minimum atomic E-state index is -0.232. The monoisotopic (exact) mass is 280 g/mol. The molecule has 0 fully saturated rings. The Morgan fingerprint density at radius 2 is 2.15 bits per heavy atom. The van der Waals surface area contributed by atoms with Crippen LogP contribution in [-0.4, -0.2) is 42.3 Å². The predicted molar refractivity (Wildman–Crippen MR) is 79.8 cm³/mol. The van der Waals surface area contributed by atoms with Crippen LogP contribution in [-0.2, 0) is 11.3 Å². The van der Waals surface area contributed by atoms with Crippen molar-refractivity contribution in [2.75, 3.05) is 25.5 Å². The zero-order valence-corrected chi connectivity index (χ0v) is 12.6. The van der Waals surface area contributed by atoms with Crippen molar-refractivity contribution in [3.05, 3.63) is 29.3 Å². The highest BCUT2D eigenvalue weighted by Gasteiger charge is 2.11. The number of ether oxygens (including phenoxy) is 1. The fourth-order valence-corrected chi connectivity index (χ4v) is 1.69. The summed E-state index contributed by atoms with van der Waals surface area (Å²) in [5, 5.41) is 11.7. The minimum Gasteiger partial charge on any atom is -0.395 e. The van der Waals surface area contributed by atoms with Gasteiger partial charge in [-0.1, -0.05) is 12.1 Å². The topological polar surface area (TPSA) is 61.8 Å². The summed E-state index contributed by atoms with van der Waals surface area (Å²) in [6, 6.07) is 5.52. The fraction of sp³-hybridized carbons (Fsp3) is 0.533. The van der Waals surface area contributed by atoms with E-state index >= 15 is 0 Å². The molecular weight excluding hydrogens is 256 g/mol. The van der Waals surface area contributed by atoms with Crippen LogP contribution >= 0.6 is 0 Å². The van der Waals surface area contributed by atoms with Crippen LogP contribution in [0.15, 0.2) is 18.2 Å². The van der Waals surface area contributed by atoms with Gasteiger partial charge in [-0.2, -0.15) is 0 Å². The molecule has 0 heterocycles. The Morgan fingerprint density at radius 3 is 2.75 bits per heavy atom. The van der Waals surface area contributed by atoms with Crippen LogP contribution in [0.2, 0.25) is 0 Å². The number of anilines is 1. The summed E-state index contributed by atoms with van der Waals surface area (Å²) in [7, 11) is 1.65. The van der Waals surface area contributed by atoms with Gasteiger partial charge in [0.1, 0.15) is 0 Å². The molecule has 1 rings (SSSR count). The second kappa shape index (κ2) is 7.87. The van der Waals surface area contributed by atoms with E-state index in [2.05, 4.69) is 5.32 Å². The molecular formula is C15H24N2O3. The van der Waals surface area contributed by atoms with Crippen molar-refractivity contribution in [1.82, 2.24) is 4.90 Å². The molecule has 1 aromatic rings. The van der Waals surface area contributed by atoms with Crippen molar-refractivity contribution in [3.63, 3.8) is 0 Å². The average Bonchev–Trinajstić information content (AvgIpc) is 2.39. The Kier molecular flexibility index (Phi) is 6.48. The van der Waals surface area contributed by atoms with Gasteiger partial charge < -0.3 is 20.1 Å². The summed E-state index contributed by atoms with van der Waals surface area (Å²) in [5.41, 5.74) is 2.82. The molecule has 0 bridgehead atoms. The SMILES string of the molecule is Cc1c(COC(C)C)cccc1NC(=O)N(C)CCO. The van der Waals surface area contributed by atoms with E-state index in [1.54, 1.807) is 7.05 Å². The highest BCUT2D eigenvalue weighted by atomic mass is 16.5. The average molecular weight is 280 g/mol. The molecule has 5 nitrogen and oxygen atoms in total. The molecule has 2 N–H and O–H groups in total. The van der Waals surface area contributed by atoms with Crippen LogP contribution in [0.1, 0.15) is 25.0 Å². The second-order valence-electron chi connectivity index (χ2n) is 5.02. The number of urea groups is 1. The molecule has 0 saturated carbocycles. The van der Waals surface area contributed by atoms with E-state index in [-0.39, 0.29) is 18.7 Å². The number of aliphatic hydroxyl groups excluding tert-OH is 1. The van der Waals surface area contributed by atoms with Crippen molar-refractivity contribution in [1.29, 1.82) is 0 Å². The fourth-order valence-electron chi connectivity index (χ4n) is 1.69. The molecule has 0 unspecified atom stereocenters. The van der Waals surface area contributed by atoms with E-state index in [1.165, 1.54) is 4.90 Å². The number of likely N-dealkylation sites (N-methyl/N-ethyl adjacent to an activating group) is 1. The predicted octanol–water partition coefficient (Wildman–Crippen LogP) is 2.38. The standard InChI is InChI=1S/C15H24N2O3/c1-11(2)20-10-13-6-5-7-14(12(13)3)16-15(19)17(4)8-9-18/h5-7,11,18H,8-10H2,1-4H3,(H,16,19). The van der Waals surface area contributed by atoms with Gasteiger partial charge >= 0.3 is 6.03 Å². The van der Waals surface area contributed by atoms with Crippen molar-refractivity contribution in [3.8, 4) is 0 Å². The highest BCUT2D eigenvalue weighted by Crippen LogP contribution is 2.20. The first kappa shape index (κ1) is 16.5. The molecule has 0 saturated heterocycles. The Morgan fingerprint density at radius 1 is 1.45 bits per heavy atom. The Labute approximate surface area is 120 Å². The van der Waals surface area contributed by atoms with Gasteiger partial charge in [0, 0.05) is 19.3 Å². The van der Waals surface area contributed by atoms with Gasteiger partial charge in [-0.15, -0.1) is 0 Å². The number of nitrogens with zero attached hydrogens (tertiary/aromatic N) is 1. The summed E-state index contributed by atoms with van der Waals surface area (Å²) in [4.78, 5) is 13.3. The number of amides is 2. The normalized spacial score (nSPS) is 10.7. The number of carbonyl (C=O) groups excluding carboxylic acids is 1. The zero-order chi connectivity index (χ0) is 15.1. The third kappa shape index (κ3) is 4.83. The van der Waals surface area contributed by atoms with Gasteiger partial charge in [0.05, 0.1) is 19.3 Å². The number of hydrogen-bond donors (Lipinski definition) is 2. The lowest BCUT2D eigenvalue weighted by atomic mass is 10.1. The Hall–Kier alpha value is -1.59. The molecule has 2 amide bonds. The van der Waals surface area contributed by atoms with Crippen LogP contribution < -0.4 is 5.32 Å². The lowest BCUT2D eigenvalue weighted by molar-refractivity contribution is 0.0654. The Balaban J connectivity index is 2.76. The van der Waals surface area contributed by atoms with Crippen LogP contribution in [0.4, 0.5) is 10.5 Å². The number of rotatable bonds is 6. The van der Waals surface area contributed by atoms with Crippen LogP contribution in [0.3, 0.4) is 0 Å². The first-order chi connectivity index (χ1) is 9.45. The molecule has 0 radical (unpaired) electrons. The van der Waals surface area contributed by atoms with Gasteiger partial charge in [-0.05, 0) is 38.0 Å². The molecule has 0 spiro atoms. The maximum absolute atomic E-state index is 11.9. The molecule has 0 aliphatic heterocycles. The van der Waals surface area contributed by atoms with Crippen LogP contribution in [0.5, 0.6) is 0 Å². The highest BCUT2D eigenvalue weighted by molar-refractivity contribution is 5.90. The van der Waals surface area contributed by atoms with Crippen molar-refractivity contribution in [2.45, 2.75) is 33.5 Å². The summed E-state index contributed by atoms with van der Waals surface area (Å²) in [5.74, 6) is 0. The van der Waals surface area contributed by atoms with E-state index in [0.29, 0.717) is 13.2 Å². The van der Waals surface area contributed by atoms with E-state index in [1.807, 2.05) is 39.0 Å². The number of carbonyl (C=O) groups is 1. The molecule has 0 aliphatic rings. The van der Waals surface area contributed by atoms with Crippen LogP contribution in [0.25, 0.3) is 0 Å². The molecule has 0 aliphatic carbocycles. The summed E-state index contributed by atoms with van der Waals surface area (Å²) in [6.45, 7) is 6.72. The quantitative estimate of drug-likeness (QED) is 0.841. The minimum absolute atomic E-state index is 0.0504. The molecule has 0 atom stereocenters. The number of hydrogen-bond acceptors (Lipinski definition) is 3. The molecule has 20 heavy (non-hydrogen) atoms. The molecule has 0 aromatic heterocycles. The van der Waals surface area contributed by atoms with Crippen molar-refractivity contribution in [2.24, 2.45) is 0 Å². The summed E-state index contributed by atoms with van der Waals surface area (Å²) >= 11 is 0. The lowest BCUT2D eigenvalue weighted by Crippen LogP contribution is -2.33. The van der Waals surface area contributed by atoms with Crippen LogP contribution in [0, 0.1) is 6.92 Å². The van der Waals surface area contributed by atoms with Gasteiger partial charge in [-0.25, -0.2) is 4.79 Å². The van der Waals surface area contributed by atoms with Gasteiger partial charge in [0.2, 0.25) is 0 Å². The first-order valence-electron chi connectivity index (χ1n) is 6.78. The zero-order valence-electron chi connectivity index (χ0n) is 12.6. The van der Waals surface area contributed by atoms with E-state index in [0.717, 1.165) is 16.8 Å². The van der Waals surface area contributed by atoms with Gasteiger partial charge in [-0.3, -0.25) is 0 Å². The lowest BCUT2D eigenvalue weighted by Gasteiger charge is -2.19. The first-order valence-corrected chi connectivity index (χ1v) is 6.78. The van der Waals surface area contributed by atoms with Crippen molar-refractivity contribution < 1.29 is 14.6 Å². The Bertz CT molecular complexity index is 447. The maximum Gasteiger partial charge on any atom is 0.321 e. The number of aliphatic hydroxyl groups is 1. The van der Waals surface area contributed by atoms with E-state index < -0.39 is 0 Å². The maximum atomic E-state index is 11.9. The molecule has 5 heteroatoms. The van der Waals surface area contributed by atoms with Gasteiger partial charge in [0.15, 0.2) is 0 Å². The van der Waals surface area contributed by atoms with E-state index in [4.69, 9.17) is 9.84 Å². The third-order valence-electron chi connectivity index (χ3n) is 3.04. The second-order valence-corrected chi connectivity index (χ2v) is 5.02. The van der Waals surface area contributed by atoms with Gasteiger partial charge in [0.25, 0.3) is 0 Å². The molecule has 1 aromatic carbocycles. The third-order valence-corrected chi connectivity index (χ3v) is 3.04. The molecule has 112 valence electrons. The smallest absolute Gasteiger partial charge is 0.321 e. The van der Waals surface area contributed by atoms with E-state index in [9.17, 15) is 4.79 Å². The number of benzene rings is 1. The summed E-state index contributed by atoms with van der Waals surface area (Å²) < 4.78 is 5.60. The van der Waals surface area contributed by atoms with Crippen molar-refractivity contribution >= 4 is 11.7 Å². The number of nitrogens with one attached hydrogen (secondary N) is 1. The summed E-state index contributed by atoms with van der Waals surface area (Å²) in [6.07, 6.45) is 0.170. The largest absolute Gasteiger partial charge is 0.395 e.